The molecule has 0 amide bonds. The molecule has 19 heavy (non-hydrogen) atoms. The van der Waals surface area contributed by atoms with Crippen molar-refractivity contribution in [2.24, 2.45) is 11.8 Å². The number of rotatable bonds is 12. The minimum absolute atomic E-state index is 0.366. The zero-order chi connectivity index (χ0) is 14.3. The van der Waals surface area contributed by atoms with E-state index in [9.17, 15) is 4.39 Å². The summed E-state index contributed by atoms with van der Waals surface area (Å²) in [4.78, 5) is 0. The van der Waals surface area contributed by atoms with Gasteiger partial charge in [-0.15, -0.1) is 0 Å². The molecular weight excluding hydrogens is 243 g/mol. The van der Waals surface area contributed by atoms with Gasteiger partial charge in [0.25, 0.3) is 0 Å². The Kier molecular flexibility index (Phi) is 13.3. The molecule has 0 bridgehead atoms. The molecule has 2 atom stereocenters. The van der Waals surface area contributed by atoms with Gasteiger partial charge in [0.05, 0.1) is 19.5 Å². The molecule has 2 unspecified atom stereocenters. The fourth-order valence-corrected chi connectivity index (χ4v) is 1.68. The van der Waals surface area contributed by atoms with Gasteiger partial charge in [0.15, 0.2) is 0 Å². The summed E-state index contributed by atoms with van der Waals surface area (Å²) in [6.45, 7) is 9.10. The van der Waals surface area contributed by atoms with E-state index in [-0.39, 0.29) is 0 Å². The van der Waals surface area contributed by atoms with Gasteiger partial charge in [-0.05, 0) is 37.2 Å². The van der Waals surface area contributed by atoms with Crippen molar-refractivity contribution in [1.82, 2.24) is 0 Å². The standard InChI is InChI=1S/C16H29FO2/c1-4-11-18-12-5-7-15(2)8-9-16(3)14-19-13-6-10-17/h5-7,10,15-16H,4,8-9,11-14H2,1-3H3/b7-5+,10-6+. The molecule has 2 nitrogen and oxygen atoms in total. The summed E-state index contributed by atoms with van der Waals surface area (Å²) in [5.74, 6) is 1.08. The van der Waals surface area contributed by atoms with Crippen LogP contribution in [0.25, 0.3) is 0 Å². The highest BCUT2D eigenvalue weighted by atomic mass is 19.1. The van der Waals surface area contributed by atoms with E-state index in [1.165, 1.54) is 6.08 Å². The first kappa shape index (κ1) is 18.3. The molecule has 0 aromatic carbocycles. The minimum atomic E-state index is 0.366. The Hall–Kier alpha value is -0.670. The average molecular weight is 272 g/mol. The summed E-state index contributed by atoms with van der Waals surface area (Å²) >= 11 is 0. The van der Waals surface area contributed by atoms with Crippen LogP contribution in [-0.4, -0.2) is 26.4 Å². The summed E-state index contributed by atoms with van der Waals surface area (Å²) < 4.78 is 22.4. The molecule has 0 saturated carbocycles. The van der Waals surface area contributed by atoms with E-state index in [4.69, 9.17) is 9.47 Å². The Bertz CT molecular complexity index is 239. The maximum absolute atomic E-state index is 11.7. The van der Waals surface area contributed by atoms with Crippen LogP contribution in [0.3, 0.4) is 0 Å². The van der Waals surface area contributed by atoms with Crippen LogP contribution in [0.15, 0.2) is 24.6 Å². The van der Waals surface area contributed by atoms with Crippen LogP contribution >= 0.6 is 0 Å². The SMILES string of the molecule is CCCOC/C=C/C(C)CCC(C)COC/C=C/F. The highest BCUT2D eigenvalue weighted by Crippen LogP contribution is 2.13. The maximum Gasteiger partial charge on any atom is 0.0849 e. The van der Waals surface area contributed by atoms with Crippen molar-refractivity contribution in [2.45, 2.75) is 40.0 Å². The molecule has 112 valence electrons. The molecule has 0 fully saturated rings. The Balaban J connectivity index is 3.51. The van der Waals surface area contributed by atoms with Gasteiger partial charge in [0.1, 0.15) is 0 Å². The van der Waals surface area contributed by atoms with Gasteiger partial charge in [-0.25, -0.2) is 4.39 Å². The summed E-state index contributed by atoms with van der Waals surface area (Å²) in [5, 5.41) is 0. The fourth-order valence-electron chi connectivity index (χ4n) is 1.68. The lowest BCUT2D eigenvalue weighted by Crippen LogP contribution is -2.07. The molecule has 0 radical (unpaired) electrons. The average Bonchev–Trinajstić information content (AvgIpc) is 2.41. The predicted molar refractivity (Wildman–Crippen MR) is 78.9 cm³/mol. The van der Waals surface area contributed by atoms with Gasteiger partial charge in [0.2, 0.25) is 0 Å². The molecule has 0 aromatic rings. The van der Waals surface area contributed by atoms with Crippen molar-refractivity contribution < 1.29 is 13.9 Å². The highest BCUT2D eigenvalue weighted by Gasteiger charge is 2.04. The zero-order valence-electron chi connectivity index (χ0n) is 12.6. The first-order chi connectivity index (χ1) is 9.20. The van der Waals surface area contributed by atoms with Gasteiger partial charge in [-0.3, -0.25) is 0 Å². The predicted octanol–water partition coefficient (Wildman–Crippen LogP) is 4.52. The number of hydrogen-bond acceptors (Lipinski definition) is 2. The lowest BCUT2D eigenvalue weighted by Gasteiger charge is -2.13. The first-order valence-electron chi connectivity index (χ1n) is 7.28. The maximum atomic E-state index is 11.7. The van der Waals surface area contributed by atoms with Crippen molar-refractivity contribution in [2.75, 3.05) is 26.4 Å². The molecule has 0 N–H and O–H groups in total. The van der Waals surface area contributed by atoms with E-state index < -0.39 is 0 Å². The second-order valence-electron chi connectivity index (χ2n) is 5.06. The van der Waals surface area contributed by atoms with Crippen molar-refractivity contribution >= 4 is 0 Å². The van der Waals surface area contributed by atoms with E-state index in [1.807, 2.05) is 0 Å². The number of hydrogen-bond donors (Lipinski definition) is 0. The third-order valence-corrected chi connectivity index (χ3v) is 2.85. The van der Waals surface area contributed by atoms with Crippen molar-refractivity contribution in [3.8, 4) is 0 Å². The quantitative estimate of drug-likeness (QED) is 0.384. The van der Waals surface area contributed by atoms with Crippen molar-refractivity contribution in [3.63, 3.8) is 0 Å². The minimum Gasteiger partial charge on any atom is -0.377 e. The molecule has 0 aliphatic carbocycles. The molecule has 0 heterocycles. The van der Waals surface area contributed by atoms with Crippen LogP contribution < -0.4 is 0 Å². The molecular formula is C16H29FO2. The van der Waals surface area contributed by atoms with Crippen LogP contribution in [0.1, 0.15) is 40.0 Å². The fraction of sp³-hybridized carbons (Fsp3) is 0.750. The van der Waals surface area contributed by atoms with Gasteiger partial charge in [-0.2, -0.15) is 0 Å². The van der Waals surface area contributed by atoms with Gasteiger partial charge in [-0.1, -0.05) is 32.9 Å². The summed E-state index contributed by atoms with van der Waals surface area (Å²) in [6.07, 6.45) is 9.57. The lowest BCUT2D eigenvalue weighted by molar-refractivity contribution is 0.123. The molecule has 0 saturated heterocycles. The van der Waals surface area contributed by atoms with Crippen LogP contribution in [0, 0.1) is 11.8 Å². The number of allylic oxidation sites excluding steroid dienone is 1. The van der Waals surface area contributed by atoms with E-state index in [0.29, 0.717) is 38.0 Å². The molecule has 3 heteroatoms. The van der Waals surface area contributed by atoms with Crippen LogP contribution in [0.5, 0.6) is 0 Å². The Morgan fingerprint density at radius 1 is 1.05 bits per heavy atom. The monoisotopic (exact) mass is 272 g/mol. The third-order valence-electron chi connectivity index (χ3n) is 2.85. The van der Waals surface area contributed by atoms with Crippen LogP contribution in [0.2, 0.25) is 0 Å². The Labute approximate surface area is 117 Å². The van der Waals surface area contributed by atoms with Gasteiger partial charge < -0.3 is 9.47 Å². The zero-order valence-corrected chi connectivity index (χ0v) is 12.6. The van der Waals surface area contributed by atoms with Gasteiger partial charge in [0, 0.05) is 13.2 Å². The largest absolute Gasteiger partial charge is 0.377 e. The third kappa shape index (κ3) is 13.6. The molecule has 0 rings (SSSR count). The number of ether oxygens (including phenoxy) is 2. The van der Waals surface area contributed by atoms with E-state index in [2.05, 4.69) is 32.9 Å². The Morgan fingerprint density at radius 3 is 2.47 bits per heavy atom. The topological polar surface area (TPSA) is 18.5 Å². The summed E-state index contributed by atoms with van der Waals surface area (Å²) in [5.41, 5.74) is 0. The molecule has 0 spiro atoms. The molecule has 0 aliphatic rings. The van der Waals surface area contributed by atoms with Crippen LogP contribution in [0.4, 0.5) is 4.39 Å². The van der Waals surface area contributed by atoms with Gasteiger partial charge >= 0.3 is 0 Å². The van der Waals surface area contributed by atoms with Crippen molar-refractivity contribution in [3.05, 3.63) is 24.6 Å². The smallest absolute Gasteiger partial charge is 0.0849 e. The second kappa shape index (κ2) is 13.8. The highest BCUT2D eigenvalue weighted by molar-refractivity contribution is 4.86. The number of halogens is 1. The molecule has 0 aliphatic heterocycles. The molecule has 0 aromatic heterocycles. The van der Waals surface area contributed by atoms with E-state index in [0.717, 1.165) is 25.9 Å². The van der Waals surface area contributed by atoms with E-state index >= 15 is 0 Å². The normalized spacial score (nSPS) is 15.4. The van der Waals surface area contributed by atoms with E-state index in [1.54, 1.807) is 0 Å². The second-order valence-corrected chi connectivity index (χ2v) is 5.06. The van der Waals surface area contributed by atoms with Crippen LogP contribution in [-0.2, 0) is 9.47 Å². The summed E-state index contributed by atoms with van der Waals surface area (Å²) in [7, 11) is 0. The summed E-state index contributed by atoms with van der Waals surface area (Å²) in [6, 6.07) is 0. The Morgan fingerprint density at radius 2 is 1.79 bits per heavy atom. The first-order valence-corrected chi connectivity index (χ1v) is 7.28. The van der Waals surface area contributed by atoms with Crippen molar-refractivity contribution in [1.29, 1.82) is 0 Å². The lowest BCUT2D eigenvalue weighted by atomic mass is 9.98.